The molecule has 0 fully saturated rings. The van der Waals surface area contributed by atoms with Crippen LogP contribution < -0.4 is 4.72 Å². The van der Waals surface area contributed by atoms with Crippen molar-refractivity contribution in [2.75, 3.05) is 11.0 Å². The van der Waals surface area contributed by atoms with E-state index >= 15 is 0 Å². The van der Waals surface area contributed by atoms with Gasteiger partial charge in [0, 0.05) is 17.0 Å². The molecule has 4 rings (SSSR count). The Balaban J connectivity index is 1.77. The van der Waals surface area contributed by atoms with Gasteiger partial charge in [-0.25, -0.2) is 12.8 Å². The van der Waals surface area contributed by atoms with Crippen LogP contribution in [0.5, 0.6) is 0 Å². The zero-order valence-corrected chi connectivity index (χ0v) is 18.7. The van der Waals surface area contributed by atoms with Gasteiger partial charge in [-0.2, -0.15) is 17.9 Å². The highest BCUT2D eigenvalue weighted by Crippen LogP contribution is 2.39. The lowest BCUT2D eigenvalue weighted by Crippen LogP contribution is -2.27. The van der Waals surface area contributed by atoms with Crippen LogP contribution in [0.3, 0.4) is 0 Å². The van der Waals surface area contributed by atoms with Crippen molar-refractivity contribution in [2.45, 2.75) is 17.4 Å². The number of nitrogens with zero attached hydrogens (tertiary/aromatic N) is 2. The molecular formula is C20H18FN3O4S3. The molecule has 0 aliphatic carbocycles. The fourth-order valence-electron chi connectivity index (χ4n) is 3.29. The molecule has 0 spiro atoms. The van der Waals surface area contributed by atoms with Gasteiger partial charge < -0.3 is 0 Å². The van der Waals surface area contributed by atoms with E-state index in [1.807, 2.05) is 17.5 Å². The number of sulfonamides is 2. The van der Waals surface area contributed by atoms with Crippen LogP contribution in [-0.2, 0) is 20.0 Å². The van der Waals surface area contributed by atoms with Crippen LogP contribution >= 0.6 is 11.3 Å². The fraction of sp³-hybridized carbons (Fsp3) is 0.150. The van der Waals surface area contributed by atoms with E-state index in [1.165, 1.54) is 29.5 Å². The van der Waals surface area contributed by atoms with Gasteiger partial charge in [-0.15, -0.1) is 11.3 Å². The van der Waals surface area contributed by atoms with Crippen LogP contribution in [0.25, 0.3) is 0 Å². The average Bonchev–Trinajstić information content (AvgIpc) is 3.37. The van der Waals surface area contributed by atoms with Gasteiger partial charge >= 0.3 is 0 Å². The highest BCUT2D eigenvalue weighted by molar-refractivity contribution is 7.92. The first-order valence-corrected chi connectivity index (χ1v) is 13.3. The number of hydrazone groups is 1. The molecule has 2 heterocycles. The van der Waals surface area contributed by atoms with E-state index in [2.05, 4.69) is 9.82 Å². The molecule has 7 nitrogen and oxygen atoms in total. The monoisotopic (exact) mass is 479 g/mol. The molecule has 0 unspecified atom stereocenters. The van der Waals surface area contributed by atoms with Crippen molar-refractivity contribution in [2.24, 2.45) is 5.10 Å². The summed E-state index contributed by atoms with van der Waals surface area (Å²) in [5.74, 6) is -0.656. The molecule has 0 radical (unpaired) electrons. The molecule has 1 atom stereocenters. The molecule has 0 saturated carbocycles. The van der Waals surface area contributed by atoms with Crippen molar-refractivity contribution in [1.29, 1.82) is 0 Å². The molecule has 31 heavy (non-hydrogen) atoms. The van der Waals surface area contributed by atoms with E-state index in [1.54, 1.807) is 24.3 Å². The smallest absolute Gasteiger partial charge is 0.279 e. The normalized spacial score (nSPS) is 16.9. The Hall–Kier alpha value is -2.76. The maximum absolute atomic E-state index is 13.7. The van der Waals surface area contributed by atoms with Gasteiger partial charge in [0.05, 0.1) is 16.9 Å². The summed E-state index contributed by atoms with van der Waals surface area (Å²) in [5, 5.41) is 6.22. The number of benzene rings is 2. The maximum atomic E-state index is 13.7. The Bertz CT molecular complexity index is 1350. The number of anilines is 1. The van der Waals surface area contributed by atoms with Crippen LogP contribution in [0.2, 0.25) is 0 Å². The predicted molar refractivity (Wildman–Crippen MR) is 119 cm³/mol. The molecule has 0 saturated heterocycles. The molecule has 0 amide bonds. The minimum absolute atomic E-state index is 0.188. The topological polar surface area (TPSA) is 95.9 Å². The van der Waals surface area contributed by atoms with E-state index in [-0.39, 0.29) is 11.3 Å². The SMILES string of the molecule is CS(=O)(=O)Nc1cccc(C2=NN(S(=O)(=O)c3cccc(F)c3)[C@@H](c3cccs3)C2)c1. The summed E-state index contributed by atoms with van der Waals surface area (Å²) in [4.78, 5) is 0.607. The number of hydrogen-bond acceptors (Lipinski definition) is 6. The highest BCUT2D eigenvalue weighted by atomic mass is 32.2. The number of thiophene rings is 1. The summed E-state index contributed by atoms with van der Waals surface area (Å²) < 4.78 is 66.8. The largest absolute Gasteiger partial charge is 0.284 e. The summed E-state index contributed by atoms with van der Waals surface area (Å²) in [7, 11) is -7.58. The molecule has 1 aromatic heterocycles. The first kappa shape index (κ1) is 21.5. The van der Waals surface area contributed by atoms with Gasteiger partial charge in [0.1, 0.15) is 11.9 Å². The van der Waals surface area contributed by atoms with Crippen molar-refractivity contribution in [3.05, 3.63) is 82.3 Å². The van der Waals surface area contributed by atoms with Crippen LogP contribution in [0.15, 0.2) is 76.0 Å². The van der Waals surface area contributed by atoms with E-state index in [9.17, 15) is 21.2 Å². The Morgan fingerprint density at radius 1 is 1.06 bits per heavy atom. The summed E-state index contributed by atoms with van der Waals surface area (Å²) in [6, 6.07) is 14.4. The third kappa shape index (κ3) is 4.63. The quantitative estimate of drug-likeness (QED) is 0.582. The highest BCUT2D eigenvalue weighted by Gasteiger charge is 2.38. The van der Waals surface area contributed by atoms with Gasteiger partial charge in [-0.1, -0.05) is 24.3 Å². The van der Waals surface area contributed by atoms with E-state index in [0.29, 0.717) is 17.0 Å². The summed E-state index contributed by atoms with van der Waals surface area (Å²) in [6.45, 7) is 0. The summed E-state index contributed by atoms with van der Waals surface area (Å²) in [6.07, 6.45) is 1.34. The Labute approximate surface area is 184 Å². The van der Waals surface area contributed by atoms with Crippen LogP contribution in [-0.4, -0.2) is 33.2 Å². The molecule has 2 aromatic carbocycles. The number of halogens is 1. The number of rotatable bonds is 6. The molecule has 1 aliphatic heterocycles. The van der Waals surface area contributed by atoms with Crippen molar-refractivity contribution in [3.8, 4) is 0 Å². The fourth-order valence-corrected chi connectivity index (χ4v) is 6.18. The molecule has 0 bridgehead atoms. The average molecular weight is 480 g/mol. The minimum atomic E-state index is -4.12. The second kappa shape index (κ2) is 8.06. The van der Waals surface area contributed by atoms with Crippen LogP contribution in [0, 0.1) is 5.82 Å². The molecule has 1 N–H and O–H groups in total. The lowest BCUT2D eigenvalue weighted by Gasteiger charge is -2.22. The molecule has 11 heteroatoms. The summed E-state index contributed by atoms with van der Waals surface area (Å²) in [5.41, 5.74) is 1.42. The maximum Gasteiger partial charge on any atom is 0.279 e. The summed E-state index contributed by atoms with van der Waals surface area (Å²) >= 11 is 1.40. The first-order valence-electron chi connectivity index (χ1n) is 9.12. The zero-order chi connectivity index (χ0) is 22.2. The lowest BCUT2D eigenvalue weighted by molar-refractivity contribution is 0.375. The molecule has 1 aliphatic rings. The molecule has 162 valence electrons. The van der Waals surface area contributed by atoms with Crippen LogP contribution in [0.4, 0.5) is 10.1 Å². The second-order valence-corrected chi connectivity index (χ2v) is 11.5. The lowest BCUT2D eigenvalue weighted by atomic mass is 10.0. The van der Waals surface area contributed by atoms with Gasteiger partial charge in [-0.05, 0) is 47.3 Å². The van der Waals surface area contributed by atoms with E-state index < -0.39 is 31.9 Å². The zero-order valence-electron chi connectivity index (χ0n) is 16.3. The number of hydrogen-bond donors (Lipinski definition) is 1. The molecule has 3 aromatic rings. The minimum Gasteiger partial charge on any atom is -0.284 e. The number of nitrogens with one attached hydrogen (secondary N) is 1. The van der Waals surface area contributed by atoms with E-state index in [4.69, 9.17) is 0 Å². The standard InChI is InChI=1S/C20H18FN3O4S3/c1-30(25,26)23-16-7-2-5-14(11-16)18-13-19(20-9-4-10-29-20)24(22-18)31(27,28)17-8-3-6-15(21)12-17/h2-12,19,23H,13H2,1H3/t19-/m1/s1. The Morgan fingerprint density at radius 3 is 2.52 bits per heavy atom. The Morgan fingerprint density at radius 2 is 1.84 bits per heavy atom. The molecular weight excluding hydrogens is 461 g/mol. The predicted octanol–water partition coefficient (Wildman–Crippen LogP) is 3.80. The second-order valence-electron chi connectivity index (χ2n) is 6.97. The van der Waals surface area contributed by atoms with E-state index in [0.717, 1.165) is 21.6 Å². The van der Waals surface area contributed by atoms with Crippen molar-refractivity contribution in [3.63, 3.8) is 0 Å². The van der Waals surface area contributed by atoms with Gasteiger partial charge in [0.25, 0.3) is 10.0 Å². The van der Waals surface area contributed by atoms with Gasteiger partial charge in [-0.3, -0.25) is 4.72 Å². The first-order chi connectivity index (χ1) is 14.6. The van der Waals surface area contributed by atoms with Crippen molar-refractivity contribution >= 4 is 42.8 Å². The van der Waals surface area contributed by atoms with Crippen molar-refractivity contribution < 1.29 is 21.2 Å². The van der Waals surface area contributed by atoms with Crippen molar-refractivity contribution in [1.82, 2.24) is 4.41 Å². The van der Waals surface area contributed by atoms with Gasteiger partial charge in [0.2, 0.25) is 10.0 Å². The third-order valence-electron chi connectivity index (χ3n) is 4.58. The third-order valence-corrected chi connectivity index (χ3v) is 7.84. The Kier molecular flexibility index (Phi) is 5.58. The van der Waals surface area contributed by atoms with Crippen LogP contribution in [0.1, 0.15) is 22.9 Å². The van der Waals surface area contributed by atoms with Gasteiger partial charge in [0.15, 0.2) is 0 Å².